The molecule has 1 aromatic carbocycles. The molecular formula is C14H18FN3O. The van der Waals surface area contributed by atoms with Crippen LogP contribution in [0, 0.1) is 23.1 Å². The number of hydrogen-bond acceptors (Lipinski definition) is 3. The highest BCUT2D eigenvalue weighted by molar-refractivity contribution is 5.78. The van der Waals surface area contributed by atoms with E-state index >= 15 is 0 Å². The van der Waals surface area contributed by atoms with Crippen LogP contribution < -0.4 is 5.32 Å². The molecule has 1 N–H and O–H groups in total. The zero-order valence-electron chi connectivity index (χ0n) is 11.4. The molecule has 1 unspecified atom stereocenters. The first kappa shape index (κ1) is 15.1. The zero-order chi connectivity index (χ0) is 14.4. The van der Waals surface area contributed by atoms with Gasteiger partial charge in [0.15, 0.2) is 0 Å². The number of nitrogens with one attached hydrogen (secondary N) is 1. The summed E-state index contributed by atoms with van der Waals surface area (Å²) in [5, 5.41) is 11.6. The highest BCUT2D eigenvalue weighted by Gasteiger charge is 2.14. The minimum Gasteiger partial charge on any atom is -0.359 e. The largest absolute Gasteiger partial charge is 0.359 e. The summed E-state index contributed by atoms with van der Waals surface area (Å²) < 4.78 is 13.2. The molecule has 0 saturated heterocycles. The second-order valence-corrected chi connectivity index (χ2v) is 4.63. The van der Waals surface area contributed by atoms with Crippen LogP contribution in [-0.2, 0) is 11.3 Å². The molecule has 0 fully saturated rings. The standard InChI is InChI=1S/C14H18FN3O/c1-10(14(19)17-2)8-18(3)9-12-6-13(15)5-4-11(12)7-16/h4-6,10H,8-9H2,1-3H3,(H,17,19). The number of carbonyl (C=O) groups excluding carboxylic acids is 1. The molecular weight excluding hydrogens is 245 g/mol. The van der Waals surface area contributed by atoms with Crippen LogP contribution in [0.4, 0.5) is 4.39 Å². The lowest BCUT2D eigenvalue weighted by atomic mass is 10.1. The van der Waals surface area contributed by atoms with Gasteiger partial charge in [-0.3, -0.25) is 4.79 Å². The molecule has 102 valence electrons. The van der Waals surface area contributed by atoms with Crippen LogP contribution in [0.2, 0.25) is 0 Å². The summed E-state index contributed by atoms with van der Waals surface area (Å²) in [7, 11) is 3.44. The van der Waals surface area contributed by atoms with Gasteiger partial charge >= 0.3 is 0 Å². The van der Waals surface area contributed by atoms with Gasteiger partial charge in [0, 0.05) is 26.1 Å². The molecule has 1 amide bonds. The molecule has 0 aliphatic rings. The fraction of sp³-hybridized carbons (Fsp3) is 0.429. The number of nitriles is 1. The third-order valence-corrected chi connectivity index (χ3v) is 2.91. The van der Waals surface area contributed by atoms with Gasteiger partial charge in [0.05, 0.1) is 11.6 Å². The molecule has 0 bridgehead atoms. The van der Waals surface area contributed by atoms with E-state index in [4.69, 9.17) is 5.26 Å². The van der Waals surface area contributed by atoms with Crippen molar-refractivity contribution in [2.45, 2.75) is 13.5 Å². The average molecular weight is 263 g/mol. The summed E-state index contributed by atoms with van der Waals surface area (Å²) in [6, 6.07) is 6.15. The first-order valence-corrected chi connectivity index (χ1v) is 6.06. The quantitative estimate of drug-likeness (QED) is 0.876. The second-order valence-electron chi connectivity index (χ2n) is 4.63. The van der Waals surface area contributed by atoms with Gasteiger partial charge in [-0.2, -0.15) is 5.26 Å². The number of amides is 1. The van der Waals surface area contributed by atoms with Gasteiger partial charge in [0.25, 0.3) is 0 Å². The summed E-state index contributed by atoms with van der Waals surface area (Å²) in [5.74, 6) is -0.553. The molecule has 0 radical (unpaired) electrons. The van der Waals surface area contributed by atoms with Crippen molar-refractivity contribution in [2.75, 3.05) is 20.6 Å². The lowest BCUT2D eigenvalue weighted by Gasteiger charge is -2.20. The van der Waals surface area contributed by atoms with E-state index in [1.807, 2.05) is 24.9 Å². The number of nitrogens with zero attached hydrogens (tertiary/aromatic N) is 2. The number of rotatable bonds is 5. The Morgan fingerprint density at radius 1 is 1.58 bits per heavy atom. The third-order valence-electron chi connectivity index (χ3n) is 2.91. The van der Waals surface area contributed by atoms with Crippen LogP contribution in [0.5, 0.6) is 0 Å². The number of benzene rings is 1. The predicted octanol–water partition coefficient (Wildman–Crippen LogP) is 1.51. The fourth-order valence-corrected chi connectivity index (χ4v) is 1.95. The minimum atomic E-state index is -0.359. The van der Waals surface area contributed by atoms with E-state index < -0.39 is 0 Å². The van der Waals surface area contributed by atoms with E-state index in [0.29, 0.717) is 24.2 Å². The Kier molecular flexibility index (Phi) is 5.46. The van der Waals surface area contributed by atoms with Crippen LogP contribution in [0.1, 0.15) is 18.1 Å². The first-order valence-electron chi connectivity index (χ1n) is 6.06. The van der Waals surface area contributed by atoms with Gasteiger partial charge in [-0.1, -0.05) is 6.92 Å². The Morgan fingerprint density at radius 2 is 2.26 bits per heavy atom. The summed E-state index contributed by atoms with van der Waals surface area (Å²) in [6.07, 6.45) is 0. The van der Waals surface area contributed by atoms with Crippen molar-refractivity contribution in [3.8, 4) is 6.07 Å². The molecule has 0 aliphatic carbocycles. The van der Waals surface area contributed by atoms with Gasteiger partial charge in [0.2, 0.25) is 5.91 Å². The van der Waals surface area contributed by atoms with E-state index in [1.54, 1.807) is 7.05 Å². The molecule has 0 aliphatic heterocycles. The van der Waals surface area contributed by atoms with Crippen LogP contribution in [0.3, 0.4) is 0 Å². The fourth-order valence-electron chi connectivity index (χ4n) is 1.95. The average Bonchev–Trinajstić information content (AvgIpc) is 2.37. The topological polar surface area (TPSA) is 56.1 Å². The summed E-state index contributed by atoms with van der Waals surface area (Å²) in [6.45, 7) is 2.80. The maximum Gasteiger partial charge on any atom is 0.223 e. The lowest BCUT2D eigenvalue weighted by Crippen LogP contribution is -2.34. The number of halogens is 1. The highest BCUT2D eigenvalue weighted by Crippen LogP contribution is 2.13. The van der Waals surface area contributed by atoms with Crippen LogP contribution >= 0.6 is 0 Å². The molecule has 4 nitrogen and oxygen atoms in total. The Hall–Kier alpha value is -1.93. The Balaban J connectivity index is 2.72. The minimum absolute atomic E-state index is 0.0356. The van der Waals surface area contributed by atoms with E-state index in [0.717, 1.165) is 0 Å². The van der Waals surface area contributed by atoms with Crippen molar-refractivity contribution in [2.24, 2.45) is 5.92 Å². The monoisotopic (exact) mass is 263 g/mol. The van der Waals surface area contributed by atoms with E-state index in [-0.39, 0.29) is 17.6 Å². The molecule has 1 aromatic rings. The van der Waals surface area contributed by atoms with Gasteiger partial charge in [-0.15, -0.1) is 0 Å². The molecule has 0 saturated carbocycles. The first-order chi connectivity index (χ1) is 8.97. The van der Waals surface area contributed by atoms with Gasteiger partial charge in [-0.25, -0.2) is 4.39 Å². The summed E-state index contributed by atoms with van der Waals surface area (Å²) in [4.78, 5) is 13.3. The van der Waals surface area contributed by atoms with Gasteiger partial charge in [-0.05, 0) is 30.8 Å². The van der Waals surface area contributed by atoms with Crippen LogP contribution in [0.15, 0.2) is 18.2 Å². The van der Waals surface area contributed by atoms with Gasteiger partial charge in [0.1, 0.15) is 5.82 Å². The predicted molar refractivity (Wildman–Crippen MR) is 70.7 cm³/mol. The Labute approximate surface area is 112 Å². The normalized spacial score (nSPS) is 12.0. The van der Waals surface area contributed by atoms with E-state index in [1.165, 1.54) is 18.2 Å². The van der Waals surface area contributed by atoms with Crippen molar-refractivity contribution >= 4 is 5.91 Å². The highest BCUT2D eigenvalue weighted by atomic mass is 19.1. The summed E-state index contributed by atoms with van der Waals surface area (Å²) in [5.41, 5.74) is 1.09. The smallest absolute Gasteiger partial charge is 0.223 e. The van der Waals surface area contributed by atoms with Crippen LogP contribution in [0.25, 0.3) is 0 Å². The lowest BCUT2D eigenvalue weighted by molar-refractivity contribution is -0.124. The molecule has 19 heavy (non-hydrogen) atoms. The second kappa shape index (κ2) is 6.86. The molecule has 1 rings (SSSR count). The Morgan fingerprint density at radius 3 is 2.84 bits per heavy atom. The molecule has 5 heteroatoms. The van der Waals surface area contributed by atoms with E-state index in [9.17, 15) is 9.18 Å². The maximum atomic E-state index is 13.2. The van der Waals surface area contributed by atoms with Crippen molar-refractivity contribution in [3.05, 3.63) is 35.1 Å². The molecule has 0 spiro atoms. The maximum absolute atomic E-state index is 13.2. The third kappa shape index (κ3) is 4.34. The van der Waals surface area contributed by atoms with Crippen molar-refractivity contribution in [3.63, 3.8) is 0 Å². The SMILES string of the molecule is CNC(=O)C(C)CN(C)Cc1cc(F)ccc1C#N. The van der Waals surface area contributed by atoms with Gasteiger partial charge < -0.3 is 10.2 Å². The number of hydrogen-bond donors (Lipinski definition) is 1. The van der Waals surface area contributed by atoms with Crippen molar-refractivity contribution in [1.29, 1.82) is 5.26 Å². The van der Waals surface area contributed by atoms with Crippen molar-refractivity contribution in [1.82, 2.24) is 10.2 Å². The molecule has 0 aromatic heterocycles. The summed E-state index contributed by atoms with van der Waals surface area (Å²) >= 11 is 0. The number of carbonyl (C=O) groups is 1. The zero-order valence-corrected chi connectivity index (χ0v) is 11.4. The molecule has 0 heterocycles. The molecule has 1 atom stereocenters. The van der Waals surface area contributed by atoms with E-state index in [2.05, 4.69) is 5.32 Å². The van der Waals surface area contributed by atoms with Crippen LogP contribution in [-0.4, -0.2) is 31.4 Å². The Bertz CT molecular complexity index is 496. The van der Waals surface area contributed by atoms with Crippen molar-refractivity contribution < 1.29 is 9.18 Å².